The van der Waals surface area contributed by atoms with Crippen LogP contribution in [0.15, 0.2) is 53.3 Å². The summed E-state index contributed by atoms with van der Waals surface area (Å²) in [5.74, 6) is 0.782. The Morgan fingerprint density at radius 2 is 1.78 bits per heavy atom. The molecule has 1 aromatic heterocycles. The highest BCUT2D eigenvalue weighted by atomic mass is 35.5. The minimum atomic E-state index is -0.103. The molecule has 0 bridgehead atoms. The van der Waals surface area contributed by atoms with Crippen molar-refractivity contribution in [2.45, 2.75) is 32.2 Å². The second-order valence-corrected chi connectivity index (χ2v) is 9.67. The lowest BCUT2D eigenvalue weighted by Gasteiger charge is -2.45. The highest BCUT2D eigenvalue weighted by molar-refractivity contribution is 6.43. The average molecular weight is 474 g/mol. The predicted octanol–water partition coefficient (Wildman–Crippen LogP) is 5.59. The van der Waals surface area contributed by atoms with E-state index in [1.54, 1.807) is 0 Å². The topological polar surface area (TPSA) is 48.6 Å². The third-order valence-corrected chi connectivity index (χ3v) is 7.12. The van der Waals surface area contributed by atoms with Crippen LogP contribution in [0.3, 0.4) is 0 Å². The largest absolute Gasteiger partial charge is 0.494 e. The number of piperazine rings is 1. The number of nitrogens with one attached hydrogen (secondary N) is 1. The molecule has 0 radical (unpaired) electrons. The smallest absolute Gasteiger partial charge is 0.248 e. The number of hydrogen-bond acceptors (Lipinski definition) is 4. The third kappa shape index (κ3) is 5.22. The van der Waals surface area contributed by atoms with Gasteiger partial charge in [0.1, 0.15) is 5.75 Å². The average Bonchev–Trinajstić information content (AvgIpc) is 2.78. The molecule has 1 saturated heterocycles. The fraction of sp³-hybridized carbons (Fsp3) is 0.400. The van der Waals surface area contributed by atoms with Crippen LogP contribution in [0.1, 0.15) is 26.7 Å². The van der Waals surface area contributed by atoms with Gasteiger partial charge in [-0.15, -0.1) is 0 Å². The molecule has 7 heteroatoms. The normalized spacial score (nSPS) is 15.3. The molecule has 0 spiro atoms. The van der Waals surface area contributed by atoms with Gasteiger partial charge in [0, 0.05) is 43.9 Å². The van der Waals surface area contributed by atoms with Crippen LogP contribution >= 0.6 is 23.2 Å². The first-order valence-corrected chi connectivity index (χ1v) is 11.8. The van der Waals surface area contributed by atoms with E-state index in [1.807, 2.05) is 42.5 Å². The number of rotatable bonds is 7. The lowest BCUT2D eigenvalue weighted by molar-refractivity contribution is 0.0966. The van der Waals surface area contributed by atoms with E-state index in [2.05, 4.69) is 28.6 Å². The fourth-order valence-corrected chi connectivity index (χ4v) is 4.78. The van der Waals surface area contributed by atoms with Crippen molar-refractivity contribution in [2.75, 3.05) is 37.7 Å². The van der Waals surface area contributed by atoms with E-state index < -0.39 is 0 Å². The second kappa shape index (κ2) is 9.74. The van der Waals surface area contributed by atoms with Crippen LogP contribution in [-0.4, -0.2) is 48.2 Å². The lowest BCUT2D eigenvalue weighted by Crippen LogP contribution is -2.54. The van der Waals surface area contributed by atoms with Crippen molar-refractivity contribution in [1.29, 1.82) is 0 Å². The van der Waals surface area contributed by atoms with E-state index >= 15 is 0 Å². The van der Waals surface area contributed by atoms with E-state index in [0.29, 0.717) is 16.7 Å². The summed E-state index contributed by atoms with van der Waals surface area (Å²) in [6.07, 6.45) is 1.99. The Hall–Kier alpha value is -2.21. The van der Waals surface area contributed by atoms with E-state index in [9.17, 15) is 4.79 Å². The number of halogens is 2. The molecule has 0 aliphatic carbocycles. The number of fused-ring (bicyclic) bond motifs is 1. The number of H-pyrrole nitrogens is 1. The van der Waals surface area contributed by atoms with Crippen LogP contribution in [0.25, 0.3) is 10.9 Å². The van der Waals surface area contributed by atoms with Gasteiger partial charge in [-0.25, -0.2) is 0 Å². The molecule has 2 heterocycles. The Balaban J connectivity index is 1.27. The van der Waals surface area contributed by atoms with Crippen LogP contribution < -0.4 is 15.2 Å². The van der Waals surface area contributed by atoms with Gasteiger partial charge in [-0.1, -0.05) is 29.3 Å². The van der Waals surface area contributed by atoms with Crippen molar-refractivity contribution < 1.29 is 4.74 Å². The van der Waals surface area contributed by atoms with Crippen molar-refractivity contribution >= 4 is 39.8 Å². The summed E-state index contributed by atoms with van der Waals surface area (Å²) in [6.45, 7) is 9.06. The molecule has 3 aromatic rings. The van der Waals surface area contributed by atoms with Gasteiger partial charge in [0.2, 0.25) is 5.56 Å². The molecule has 0 saturated carbocycles. The number of ether oxygens (including phenoxy) is 1. The number of aromatic nitrogens is 1. The van der Waals surface area contributed by atoms with Gasteiger partial charge in [0.25, 0.3) is 0 Å². The summed E-state index contributed by atoms with van der Waals surface area (Å²) < 4.78 is 5.96. The van der Waals surface area contributed by atoms with Gasteiger partial charge in [0.05, 0.1) is 27.9 Å². The van der Waals surface area contributed by atoms with Gasteiger partial charge in [-0.2, -0.15) is 0 Å². The first-order chi connectivity index (χ1) is 15.3. The summed E-state index contributed by atoms with van der Waals surface area (Å²) in [7, 11) is 0. The van der Waals surface area contributed by atoms with Gasteiger partial charge in [0.15, 0.2) is 0 Å². The SMILES string of the molecule is CC(C)(CCCOc1ccc2ccc(=O)[nH]c2c1)N1CCN(c2cccc(Cl)c2Cl)CC1. The van der Waals surface area contributed by atoms with Gasteiger partial charge in [-0.05, 0) is 62.4 Å². The zero-order valence-corrected chi connectivity index (χ0v) is 20.0. The molecular weight excluding hydrogens is 445 g/mol. The molecule has 1 fully saturated rings. The van der Waals surface area contributed by atoms with Crippen LogP contribution in [0.2, 0.25) is 10.0 Å². The van der Waals surface area contributed by atoms with Crippen LogP contribution in [-0.2, 0) is 0 Å². The minimum Gasteiger partial charge on any atom is -0.494 e. The lowest BCUT2D eigenvalue weighted by atomic mass is 9.95. The number of benzene rings is 2. The van der Waals surface area contributed by atoms with Crippen molar-refractivity contribution in [1.82, 2.24) is 9.88 Å². The molecule has 0 amide bonds. The van der Waals surface area contributed by atoms with Crippen molar-refractivity contribution in [3.05, 3.63) is 68.9 Å². The van der Waals surface area contributed by atoms with Crippen molar-refractivity contribution in [3.63, 3.8) is 0 Å². The summed E-state index contributed by atoms with van der Waals surface area (Å²) in [5.41, 5.74) is 1.80. The van der Waals surface area contributed by atoms with Crippen LogP contribution in [0.5, 0.6) is 5.75 Å². The molecular formula is C25H29Cl2N3O2. The molecule has 1 aliphatic heterocycles. The van der Waals surface area contributed by atoms with E-state index in [-0.39, 0.29) is 11.1 Å². The molecule has 5 nitrogen and oxygen atoms in total. The molecule has 4 rings (SSSR count). The maximum Gasteiger partial charge on any atom is 0.248 e. The van der Waals surface area contributed by atoms with Gasteiger partial charge >= 0.3 is 0 Å². The fourth-order valence-electron chi connectivity index (χ4n) is 4.36. The Morgan fingerprint density at radius 1 is 1.03 bits per heavy atom. The van der Waals surface area contributed by atoms with E-state index in [4.69, 9.17) is 27.9 Å². The molecule has 2 aromatic carbocycles. The second-order valence-electron chi connectivity index (χ2n) is 8.88. The van der Waals surface area contributed by atoms with Crippen molar-refractivity contribution in [3.8, 4) is 5.75 Å². The van der Waals surface area contributed by atoms with Gasteiger partial charge < -0.3 is 14.6 Å². The quantitative estimate of drug-likeness (QED) is 0.454. The Kier molecular flexibility index (Phi) is 6.99. The Labute approximate surface area is 198 Å². The van der Waals surface area contributed by atoms with Crippen LogP contribution in [0.4, 0.5) is 5.69 Å². The first-order valence-electron chi connectivity index (χ1n) is 11.0. The molecule has 1 N–H and O–H groups in total. The minimum absolute atomic E-state index is 0.0855. The highest BCUT2D eigenvalue weighted by Crippen LogP contribution is 2.33. The first kappa shape index (κ1) is 23.0. The number of anilines is 1. The molecule has 1 aliphatic rings. The molecule has 0 atom stereocenters. The maximum absolute atomic E-state index is 11.5. The maximum atomic E-state index is 11.5. The number of pyridine rings is 1. The zero-order valence-electron chi connectivity index (χ0n) is 18.5. The predicted molar refractivity (Wildman–Crippen MR) is 134 cm³/mol. The summed E-state index contributed by atoms with van der Waals surface area (Å²) in [6, 6.07) is 15.0. The standard InChI is InChI=1S/C25H29Cl2N3O2/c1-25(2,30-14-12-29(13-15-30)22-6-3-5-20(26)24(22)27)11-4-16-32-19-9-7-18-8-10-23(31)28-21(18)17-19/h3,5-10,17H,4,11-16H2,1-2H3,(H,28,31). The monoisotopic (exact) mass is 473 g/mol. The summed E-state index contributed by atoms with van der Waals surface area (Å²) in [5, 5.41) is 2.23. The summed E-state index contributed by atoms with van der Waals surface area (Å²) >= 11 is 12.6. The van der Waals surface area contributed by atoms with Crippen molar-refractivity contribution in [2.24, 2.45) is 0 Å². The third-order valence-electron chi connectivity index (χ3n) is 6.31. The zero-order chi connectivity index (χ0) is 22.7. The van der Waals surface area contributed by atoms with Crippen LogP contribution in [0, 0.1) is 0 Å². The molecule has 32 heavy (non-hydrogen) atoms. The van der Waals surface area contributed by atoms with E-state index in [0.717, 1.165) is 61.4 Å². The highest BCUT2D eigenvalue weighted by Gasteiger charge is 2.30. The van der Waals surface area contributed by atoms with Gasteiger partial charge in [-0.3, -0.25) is 9.69 Å². The molecule has 170 valence electrons. The Morgan fingerprint density at radius 3 is 2.56 bits per heavy atom. The van der Waals surface area contributed by atoms with E-state index in [1.165, 1.54) is 6.07 Å². The molecule has 0 unspecified atom stereocenters. The number of nitrogens with zero attached hydrogens (tertiary/aromatic N) is 2. The summed E-state index contributed by atoms with van der Waals surface area (Å²) in [4.78, 5) is 19.2. The number of aromatic amines is 1. The number of hydrogen-bond donors (Lipinski definition) is 1. The Bertz CT molecular complexity index is 1140.